The molecule has 5 rings (SSSR count). The van der Waals surface area contributed by atoms with Crippen LogP contribution in [0.4, 0.5) is 0 Å². The minimum atomic E-state index is 0.198. The Kier molecular flexibility index (Phi) is 6.29. The number of piperidine rings is 1. The van der Waals surface area contributed by atoms with Gasteiger partial charge in [-0.05, 0) is 94.5 Å². The van der Waals surface area contributed by atoms with E-state index in [0.29, 0.717) is 5.91 Å². The van der Waals surface area contributed by atoms with Gasteiger partial charge in [-0.2, -0.15) is 0 Å². The summed E-state index contributed by atoms with van der Waals surface area (Å²) in [6.45, 7) is 10.1. The first-order valence-electron chi connectivity index (χ1n) is 13.0. The largest absolute Gasteiger partial charge is 0.349 e. The zero-order chi connectivity index (χ0) is 22.1. The molecule has 1 aromatic carbocycles. The summed E-state index contributed by atoms with van der Waals surface area (Å²) in [5.41, 5.74) is 7.64. The average molecular weight is 433 g/mol. The van der Waals surface area contributed by atoms with Crippen molar-refractivity contribution in [2.45, 2.75) is 89.0 Å². The maximum Gasteiger partial charge on any atom is 0.223 e. The highest BCUT2D eigenvalue weighted by Crippen LogP contribution is 2.51. The Morgan fingerprint density at radius 1 is 1.12 bits per heavy atom. The lowest BCUT2D eigenvalue weighted by Gasteiger charge is -2.40. The van der Waals surface area contributed by atoms with Crippen LogP contribution in [0.2, 0.25) is 0 Å². The first-order chi connectivity index (χ1) is 15.6. The summed E-state index contributed by atoms with van der Waals surface area (Å²) in [7, 11) is 0. The van der Waals surface area contributed by atoms with E-state index in [1.54, 1.807) is 11.1 Å². The van der Waals surface area contributed by atoms with Gasteiger partial charge >= 0.3 is 0 Å². The molecule has 1 heterocycles. The van der Waals surface area contributed by atoms with Gasteiger partial charge < -0.3 is 10.2 Å². The van der Waals surface area contributed by atoms with Crippen LogP contribution in [0, 0.1) is 5.92 Å². The second kappa shape index (κ2) is 9.17. The van der Waals surface area contributed by atoms with Crippen LogP contribution in [-0.2, 0) is 10.2 Å². The summed E-state index contributed by atoms with van der Waals surface area (Å²) < 4.78 is 0. The van der Waals surface area contributed by atoms with Crippen LogP contribution in [0.25, 0.3) is 0 Å². The highest BCUT2D eigenvalue weighted by molar-refractivity contribution is 5.79. The smallest absolute Gasteiger partial charge is 0.223 e. The predicted octanol–water partition coefficient (Wildman–Crippen LogP) is 6.22. The number of nitrogens with zero attached hydrogens (tertiary/aromatic N) is 1. The lowest BCUT2D eigenvalue weighted by atomic mass is 9.73. The van der Waals surface area contributed by atoms with Crippen molar-refractivity contribution >= 4 is 5.91 Å². The maximum absolute atomic E-state index is 12.9. The van der Waals surface area contributed by atoms with E-state index in [9.17, 15) is 4.79 Å². The van der Waals surface area contributed by atoms with E-state index >= 15 is 0 Å². The van der Waals surface area contributed by atoms with E-state index in [4.69, 9.17) is 0 Å². The SMILES string of the molecule is C=C1CCCC(C)=C1CCN1CCC2(CC1)C[C@H](NC(=O)C1CCCC1)c1ccccc12. The monoisotopic (exact) mass is 432 g/mol. The molecular weight excluding hydrogens is 392 g/mol. The second-order valence-electron chi connectivity index (χ2n) is 10.9. The Hall–Kier alpha value is -1.87. The van der Waals surface area contributed by atoms with E-state index in [-0.39, 0.29) is 17.4 Å². The fourth-order valence-corrected chi connectivity index (χ4v) is 7.01. The second-order valence-corrected chi connectivity index (χ2v) is 10.9. The molecule has 1 amide bonds. The van der Waals surface area contributed by atoms with Crippen molar-refractivity contribution in [3.8, 4) is 0 Å². The number of rotatable bonds is 5. The van der Waals surface area contributed by atoms with Crippen LogP contribution in [0.3, 0.4) is 0 Å². The number of hydrogen-bond donors (Lipinski definition) is 1. The van der Waals surface area contributed by atoms with Gasteiger partial charge in [0.05, 0.1) is 6.04 Å². The number of carbonyl (C=O) groups is 1. The molecule has 1 spiro atoms. The van der Waals surface area contributed by atoms with Crippen molar-refractivity contribution in [2.24, 2.45) is 5.92 Å². The van der Waals surface area contributed by atoms with Gasteiger partial charge in [-0.3, -0.25) is 4.79 Å². The molecule has 3 heteroatoms. The van der Waals surface area contributed by atoms with Crippen molar-refractivity contribution in [3.63, 3.8) is 0 Å². The summed E-state index contributed by atoms with van der Waals surface area (Å²) in [6, 6.07) is 9.14. The molecule has 3 nitrogen and oxygen atoms in total. The molecule has 0 unspecified atom stereocenters. The Labute approximate surface area is 194 Å². The summed E-state index contributed by atoms with van der Waals surface area (Å²) in [6.07, 6.45) is 12.9. The molecule has 172 valence electrons. The van der Waals surface area contributed by atoms with Crippen LogP contribution >= 0.6 is 0 Å². The minimum absolute atomic E-state index is 0.198. The van der Waals surface area contributed by atoms with E-state index in [1.807, 2.05) is 0 Å². The van der Waals surface area contributed by atoms with Crippen LogP contribution in [0.5, 0.6) is 0 Å². The number of nitrogens with one attached hydrogen (secondary N) is 1. The summed E-state index contributed by atoms with van der Waals surface area (Å²) in [5, 5.41) is 3.47. The lowest BCUT2D eigenvalue weighted by molar-refractivity contribution is -0.125. The molecule has 1 aromatic rings. The van der Waals surface area contributed by atoms with E-state index < -0.39 is 0 Å². The summed E-state index contributed by atoms with van der Waals surface area (Å²) in [5.74, 6) is 0.543. The predicted molar refractivity (Wildman–Crippen MR) is 132 cm³/mol. The summed E-state index contributed by atoms with van der Waals surface area (Å²) >= 11 is 0. The zero-order valence-corrected chi connectivity index (χ0v) is 19.9. The van der Waals surface area contributed by atoms with Gasteiger partial charge in [0.25, 0.3) is 0 Å². The normalized spacial score (nSPS) is 26.0. The van der Waals surface area contributed by atoms with Gasteiger partial charge in [-0.1, -0.05) is 54.8 Å². The molecule has 2 fully saturated rings. The molecule has 0 aromatic heterocycles. The fourth-order valence-electron chi connectivity index (χ4n) is 7.01. The van der Waals surface area contributed by atoms with E-state index in [2.05, 4.69) is 48.0 Å². The van der Waals surface area contributed by atoms with Crippen LogP contribution < -0.4 is 5.32 Å². The Balaban J connectivity index is 1.23. The first kappa shape index (κ1) is 21.9. The highest BCUT2D eigenvalue weighted by atomic mass is 16.1. The number of carbonyl (C=O) groups excluding carboxylic acids is 1. The molecule has 3 aliphatic carbocycles. The quantitative estimate of drug-likeness (QED) is 0.599. The number of likely N-dealkylation sites (tertiary alicyclic amines) is 1. The molecule has 1 saturated carbocycles. The van der Waals surface area contributed by atoms with Crippen molar-refractivity contribution in [2.75, 3.05) is 19.6 Å². The standard InChI is InChI=1S/C29H40N2O/c1-21-8-7-9-22(2)24(21)14-17-31-18-15-29(16-19-31)20-27(25-12-5-6-13-26(25)29)30-28(32)23-10-3-4-11-23/h5-6,12-13,23,27H,1,3-4,7-11,14-20H2,2H3,(H,30,32)/t27-/m0/s1. The van der Waals surface area contributed by atoms with Gasteiger partial charge in [0, 0.05) is 17.9 Å². The van der Waals surface area contributed by atoms with Crippen molar-refractivity contribution < 1.29 is 4.79 Å². The molecule has 1 aliphatic heterocycles. The van der Waals surface area contributed by atoms with Crippen LogP contribution in [0.1, 0.15) is 94.7 Å². The summed E-state index contributed by atoms with van der Waals surface area (Å²) in [4.78, 5) is 15.6. The number of fused-ring (bicyclic) bond motifs is 2. The lowest BCUT2D eigenvalue weighted by Crippen LogP contribution is -2.42. The number of allylic oxidation sites excluding steroid dienone is 2. The molecule has 0 radical (unpaired) electrons. The van der Waals surface area contributed by atoms with Crippen LogP contribution in [0.15, 0.2) is 47.6 Å². The molecule has 4 aliphatic rings. The van der Waals surface area contributed by atoms with Crippen LogP contribution in [-0.4, -0.2) is 30.4 Å². The van der Waals surface area contributed by atoms with Gasteiger partial charge in [0.1, 0.15) is 0 Å². The van der Waals surface area contributed by atoms with Gasteiger partial charge in [-0.25, -0.2) is 0 Å². The van der Waals surface area contributed by atoms with Gasteiger partial charge in [-0.15, -0.1) is 0 Å². The third-order valence-electron chi connectivity index (χ3n) is 9.01. The third-order valence-corrected chi connectivity index (χ3v) is 9.01. The molecule has 1 saturated heterocycles. The molecule has 1 N–H and O–H groups in total. The van der Waals surface area contributed by atoms with Gasteiger partial charge in [0.15, 0.2) is 0 Å². The Bertz CT molecular complexity index is 899. The third kappa shape index (κ3) is 4.21. The number of amides is 1. The van der Waals surface area contributed by atoms with Crippen molar-refractivity contribution in [3.05, 3.63) is 58.7 Å². The van der Waals surface area contributed by atoms with Crippen molar-refractivity contribution in [1.82, 2.24) is 10.2 Å². The Morgan fingerprint density at radius 3 is 2.62 bits per heavy atom. The highest BCUT2D eigenvalue weighted by Gasteiger charge is 2.46. The zero-order valence-electron chi connectivity index (χ0n) is 19.9. The molecule has 32 heavy (non-hydrogen) atoms. The maximum atomic E-state index is 12.9. The number of benzene rings is 1. The van der Waals surface area contributed by atoms with Gasteiger partial charge in [0.2, 0.25) is 5.91 Å². The molecule has 0 bridgehead atoms. The Morgan fingerprint density at radius 2 is 1.88 bits per heavy atom. The topological polar surface area (TPSA) is 32.3 Å². The van der Waals surface area contributed by atoms with Crippen molar-refractivity contribution in [1.29, 1.82) is 0 Å². The number of hydrogen-bond acceptors (Lipinski definition) is 2. The fraction of sp³-hybridized carbons (Fsp3) is 0.621. The molecular formula is C29H40N2O. The van der Waals surface area contributed by atoms with E-state index in [1.165, 1.54) is 61.6 Å². The first-order valence-corrected chi connectivity index (χ1v) is 13.0. The molecule has 1 atom stereocenters. The average Bonchev–Trinajstić information content (AvgIpc) is 3.43. The minimum Gasteiger partial charge on any atom is -0.349 e. The van der Waals surface area contributed by atoms with E-state index in [0.717, 1.165) is 45.3 Å².